The number of rotatable bonds is 1. The molecule has 0 amide bonds. The van der Waals surface area contributed by atoms with E-state index in [0.717, 1.165) is 5.56 Å². The summed E-state index contributed by atoms with van der Waals surface area (Å²) < 4.78 is 20.1. The highest BCUT2D eigenvalue weighted by Gasteiger charge is 2.24. The molecule has 0 spiro atoms. The second-order valence-electron chi connectivity index (χ2n) is 4.32. The van der Waals surface area contributed by atoms with Crippen LogP contribution in [0.5, 0.6) is 5.75 Å². The summed E-state index contributed by atoms with van der Waals surface area (Å²) in [7, 11) is 1.58. The van der Waals surface area contributed by atoms with Crippen molar-refractivity contribution in [2.45, 2.75) is 26.2 Å². The zero-order chi connectivity index (χ0) is 11.8. The zero-order valence-electron chi connectivity index (χ0n) is 9.12. The molecule has 1 nitrogen and oxygen atoms in total. The molecule has 84 valence electrons. The van der Waals surface area contributed by atoms with Gasteiger partial charge in [0.2, 0.25) is 0 Å². The Morgan fingerprint density at radius 2 is 1.80 bits per heavy atom. The summed E-state index contributed by atoms with van der Waals surface area (Å²) in [6.07, 6.45) is 0. The van der Waals surface area contributed by atoms with Gasteiger partial charge in [-0.25, -0.2) is 4.39 Å². The number of benzene rings is 1. The van der Waals surface area contributed by atoms with Crippen molar-refractivity contribution in [2.75, 3.05) is 7.11 Å². The van der Waals surface area contributed by atoms with Crippen LogP contribution >= 0.6 is 45.2 Å². The van der Waals surface area contributed by atoms with Gasteiger partial charge in [-0.1, -0.05) is 20.8 Å². The molecular weight excluding hydrogens is 421 g/mol. The first-order valence-corrected chi connectivity index (χ1v) is 6.66. The Labute approximate surface area is 117 Å². The summed E-state index contributed by atoms with van der Waals surface area (Å²) in [5, 5.41) is 0. The molecule has 0 N–H and O–H groups in total. The molecule has 0 saturated carbocycles. The van der Waals surface area contributed by atoms with Crippen molar-refractivity contribution in [3.63, 3.8) is 0 Å². The van der Waals surface area contributed by atoms with Crippen LogP contribution < -0.4 is 4.74 Å². The fourth-order valence-electron chi connectivity index (χ4n) is 1.34. The van der Waals surface area contributed by atoms with Crippen LogP contribution in [0.3, 0.4) is 0 Å². The van der Waals surface area contributed by atoms with Gasteiger partial charge < -0.3 is 4.74 Å². The van der Waals surface area contributed by atoms with Crippen LogP contribution in [0.2, 0.25) is 0 Å². The summed E-state index contributed by atoms with van der Waals surface area (Å²) in [6.45, 7) is 6.28. The standard InChI is InChI=1S/C11H13FI2O/c1-11(2,3)6-5-7(13)8(12)9(14)10(6)15-4/h5H,1-4H3. The Bertz CT molecular complexity index is 383. The third-order valence-corrected chi connectivity index (χ3v) is 3.88. The van der Waals surface area contributed by atoms with E-state index < -0.39 is 0 Å². The van der Waals surface area contributed by atoms with E-state index in [1.54, 1.807) is 7.11 Å². The highest BCUT2D eigenvalue weighted by Crippen LogP contribution is 2.37. The first-order chi connectivity index (χ1) is 6.79. The van der Waals surface area contributed by atoms with Crippen molar-refractivity contribution in [3.05, 3.63) is 24.6 Å². The Morgan fingerprint density at radius 1 is 1.27 bits per heavy atom. The first kappa shape index (κ1) is 13.5. The lowest BCUT2D eigenvalue weighted by Crippen LogP contribution is -2.15. The second-order valence-corrected chi connectivity index (χ2v) is 6.56. The highest BCUT2D eigenvalue weighted by atomic mass is 127. The molecule has 0 saturated heterocycles. The molecule has 0 aliphatic heterocycles. The van der Waals surface area contributed by atoms with E-state index in [0.29, 0.717) is 12.9 Å². The Morgan fingerprint density at radius 3 is 2.20 bits per heavy atom. The van der Waals surface area contributed by atoms with Gasteiger partial charge in [0.15, 0.2) is 5.82 Å². The lowest BCUT2D eigenvalue weighted by atomic mass is 9.86. The van der Waals surface area contributed by atoms with Gasteiger partial charge in [-0.05, 0) is 56.7 Å². The number of methoxy groups -OCH3 is 1. The summed E-state index contributed by atoms with van der Waals surface area (Å²) in [6, 6.07) is 1.86. The van der Waals surface area contributed by atoms with Crippen molar-refractivity contribution >= 4 is 45.2 Å². The zero-order valence-corrected chi connectivity index (χ0v) is 13.4. The normalized spacial score (nSPS) is 11.7. The Hall–Kier alpha value is 0.410. The van der Waals surface area contributed by atoms with Gasteiger partial charge in [0.25, 0.3) is 0 Å². The van der Waals surface area contributed by atoms with Crippen LogP contribution in [0.25, 0.3) is 0 Å². The minimum Gasteiger partial charge on any atom is -0.495 e. The summed E-state index contributed by atoms with van der Waals surface area (Å²) in [5.41, 5.74) is 0.999. The van der Waals surface area contributed by atoms with Crippen LogP contribution in [0.4, 0.5) is 4.39 Å². The van der Waals surface area contributed by atoms with Crippen molar-refractivity contribution in [1.82, 2.24) is 0 Å². The molecule has 0 fully saturated rings. The van der Waals surface area contributed by atoms with Crippen molar-refractivity contribution in [3.8, 4) is 5.75 Å². The molecule has 0 bridgehead atoms. The average molecular weight is 434 g/mol. The van der Waals surface area contributed by atoms with Crippen LogP contribution in [0.1, 0.15) is 26.3 Å². The minimum absolute atomic E-state index is 0.0428. The minimum atomic E-state index is -0.193. The van der Waals surface area contributed by atoms with Crippen molar-refractivity contribution in [2.24, 2.45) is 0 Å². The predicted molar refractivity (Wildman–Crippen MR) is 77.1 cm³/mol. The highest BCUT2D eigenvalue weighted by molar-refractivity contribution is 14.1. The second kappa shape index (κ2) is 4.73. The van der Waals surface area contributed by atoms with E-state index in [1.165, 1.54) is 0 Å². The van der Waals surface area contributed by atoms with Crippen LogP contribution in [0.15, 0.2) is 6.07 Å². The fraction of sp³-hybridized carbons (Fsp3) is 0.455. The van der Waals surface area contributed by atoms with Gasteiger partial charge in [-0.2, -0.15) is 0 Å². The van der Waals surface area contributed by atoms with E-state index >= 15 is 0 Å². The van der Waals surface area contributed by atoms with Gasteiger partial charge in [0.1, 0.15) is 5.75 Å². The van der Waals surface area contributed by atoms with Crippen LogP contribution in [-0.2, 0) is 5.41 Å². The molecule has 4 heteroatoms. The molecule has 0 unspecified atom stereocenters. The third kappa shape index (κ3) is 2.75. The van der Waals surface area contributed by atoms with Gasteiger partial charge >= 0.3 is 0 Å². The maximum absolute atomic E-state index is 13.7. The molecule has 0 atom stereocenters. The van der Waals surface area contributed by atoms with Crippen molar-refractivity contribution in [1.29, 1.82) is 0 Å². The van der Waals surface area contributed by atoms with E-state index in [-0.39, 0.29) is 11.2 Å². The molecule has 0 aromatic heterocycles. The lowest BCUT2D eigenvalue weighted by molar-refractivity contribution is 0.389. The van der Waals surface area contributed by atoms with Crippen molar-refractivity contribution < 1.29 is 9.13 Å². The summed E-state index contributed by atoms with van der Waals surface area (Å²) in [4.78, 5) is 0. The summed E-state index contributed by atoms with van der Waals surface area (Å²) >= 11 is 4.00. The lowest BCUT2D eigenvalue weighted by Gasteiger charge is -2.23. The molecule has 1 rings (SSSR count). The number of halogens is 3. The summed E-state index contributed by atoms with van der Waals surface area (Å²) in [5.74, 6) is 0.460. The number of ether oxygens (including phenoxy) is 1. The molecule has 0 aliphatic carbocycles. The number of hydrogen-bond donors (Lipinski definition) is 0. The number of hydrogen-bond acceptors (Lipinski definition) is 1. The van der Waals surface area contributed by atoms with Crippen LogP contribution in [-0.4, -0.2) is 7.11 Å². The molecule has 1 aromatic rings. The molecule has 0 radical (unpaired) electrons. The van der Waals surface area contributed by atoms with E-state index in [2.05, 4.69) is 20.8 Å². The topological polar surface area (TPSA) is 9.23 Å². The SMILES string of the molecule is COc1c(C(C)(C)C)cc(I)c(F)c1I. The van der Waals surface area contributed by atoms with Gasteiger partial charge in [-0.15, -0.1) is 0 Å². The molecule has 0 heterocycles. The van der Waals surface area contributed by atoms with E-state index in [9.17, 15) is 4.39 Å². The van der Waals surface area contributed by atoms with E-state index in [1.807, 2.05) is 51.2 Å². The van der Waals surface area contributed by atoms with Gasteiger partial charge in [0, 0.05) is 5.56 Å². The monoisotopic (exact) mass is 434 g/mol. The molecular formula is C11H13FI2O. The molecule has 0 aliphatic rings. The molecule has 15 heavy (non-hydrogen) atoms. The fourth-order valence-corrected chi connectivity index (χ4v) is 3.23. The Balaban J connectivity index is 3.53. The maximum Gasteiger partial charge on any atom is 0.153 e. The first-order valence-electron chi connectivity index (χ1n) is 4.51. The van der Waals surface area contributed by atoms with Crippen LogP contribution in [0, 0.1) is 13.0 Å². The third-order valence-electron chi connectivity index (χ3n) is 2.13. The van der Waals surface area contributed by atoms with Gasteiger partial charge in [0.05, 0.1) is 14.3 Å². The maximum atomic E-state index is 13.7. The van der Waals surface area contributed by atoms with Gasteiger partial charge in [-0.3, -0.25) is 0 Å². The quantitative estimate of drug-likeness (QED) is 0.473. The smallest absolute Gasteiger partial charge is 0.153 e. The Kier molecular flexibility index (Phi) is 4.25. The van der Waals surface area contributed by atoms with E-state index in [4.69, 9.17) is 4.74 Å². The molecule has 1 aromatic carbocycles. The largest absolute Gasteiger partial charge is 0.495 e. The average Bonchev–Trinajstić information content (AvgIpc) is 2.12. The predicted octanol–water partition coefficient (Wildman–Crippen LogP) is 4.34.